The van der Waals surface area contributed by atoms with Crippen LogP contribution in [0.25, 0.3) is 0 Å². The zero-order valence-electron chi connectivity index (χ0n) is 12.0. The van der Waals surface area contributed by atoms with Gasteiger partial charge in [-0.2, -0.15) is 13.1 Å². The number of rotatable bonds is 5. The van der Waals surface area contributed by atoms with Crippen molar-refractivity contribution in [2.75, 3.05) is 17.8 Å². The van der Waals surface area contributed by atoms with Crippen molar-refractivity contribution in [3.63, 3.8) is 0 Å². The molecule has 0 aliphatic heterocycles. The second kappa shape index (κ2) is 7.29. The zero-order valence-corrected chi connectivity index (χ0v) is 12.8. The fourth-order valence-corrected chi connectivity index (χ4v) is 2.50. The van der Waals surface area contributed by atoms with Gasteiger partial charge in [-0.25, -0.2) is 0 Å². The van der Waals surface area contributed by atoms with Gasteiger partial charge in [-0.1, -0.05) is 31.8 Å². The molecule has 20 heavy (non-hydrogen) atoms. The van der Waals surface area contributed by atoms with Crippen molar-refractivity contribution in [1.82, 2.24) is 4.72 Å². The summed E-state index contributed by atoms with van der Waals surface area (Å²) in [5.41, 5.74) is 7.56. The van der Waals surface area contributed by atoms with Gasteiger partial charge in [-0.3, -0.25) is 4.72 Å². The summed E-state index contributed by atoms with van der Waals surface area (Å²) in [6.45, 7) is 6.45. The number of hydrogen-bond acceptors (Lipinski definition) is 3. The predicted molar refractivity (Wildman–Crippen MR) is 82.5 cm³/mol. The highest BCUT2D eigenvalue weighted by Crippen LogP contribution is 2.15. The molecule has 0 aromatic heterocycles. The SMILES string of the molecule is Cc1ccc(NS(=O)(=O)NCC(C)C)cc1C#CCN. The van der Waals surface area contributed by atoms with Crippen molar-refractivity contribution < 1.29 is 8.42 Å². The smallest absolute Gasteiger partial charge is 0.299 e. The van der Waals surface area contributed by atoms with Crippen LogP contribution in [-0.4, -0.2) is 21.5 Å². The Morgan fingerprint density at radius 3 is 2.65 bits per heavy atom. The van der Waals surface area contributed by atoms with Crippen molar-refractivity contribution in [3.05, 3.63) is 29.3 Å². The van der Waals surface area contributed by atoms with Crippen molar-refractivity contribution in [3.8, 4) is 11.8 Å². The van der Waals surface area contributed by atoms with Crippen molar-refractivity contribution in [1.29, 1.82) is 0 Å². The van der Waals surface area contributed by atoms with Crippen LogP contribution in [0.1, 0.15) is 25.0 Å². The molecule has 1 aromatic carbocycles. The number of nitrogens with one attached hydrogen (secondary N) is 2. The average Bonchev–Trinajstić information content (AvgIpc) is 2.37. The van der Waals surface area contributed by atoms with Gasteiger partial charge in [0.25, 0.3) is 10.2 Å². The van der Waals surface area contributed by atoms with Crippen LogP contribution in [0.15, 0.2) is 18.2 Å². The average molecular weight is 295 g/mol. The minimum absolute atomic E-state index is 0.246. The zero-order chi connectivity index (χ0) is 15.2. The second-order valence-electron chi connectivity index (χ2n) is 4.88. The largest absolute Gasteiger partial charge is 0.320 e. The van der Waals surface area contributed by atoms with Crippen LogP contribution in [-0.2, 0) is 10.2 Å². The Hall–Kier alpha value is -1.55. The van der Waals surface area contributed by atoms with Crippen LogP contribution in [0.2, 0.25) is 0 Å². The fraction of sp³-hybridized carbons (Fsp3) is 0.429. The number of hydrogen-bond donors (Lipinski definition) is 3. The molecule has 1 aromatic rings. The van der Waals surface area contributed by atoms with Gasteiger partial charge in [-0.05, 0) is 30.5 Å². The van der Waals surface area contributed by atoms with Crippen LogP contribution < -0.4 is 15.2 Å². The topological polar surface area (TPSA) is 84.2 Å². The molecule has 0 radical (unpaired) electrons. The first kappa shape index (κ1) is 16.5. The maximum Gasteiger partial charge on any atom is 0.299 e. The van der Waals surface area contributed by atoms with E-state index < -0.39 is 10.2 Å². The van der Waals surface area contributed by atoms with Crippen LogP contribution in [0, 0.1) is 24.7 Å². The minimum Gasteiger partial charge on any atom is -0.320 e. The summed E-state index contributed by atoms with van der Waals surface area (Å²) in [7, 11) is -3.55. The molecular formula is C14H21N3O2S. The van der Waals surface area contributed by atoms with Crippen LogP contribution in [0.5, 0.6) is 0 Å². The lowest BCUT2D eigenvalue weighted by molar-refractivity contribution is 0.565. The molecule has 0 unspecified atom stereocenters. The number of benzene rings is 1. The molecule has 0 aliphatic rings. The summed E-state index contributed by atoms with van der Waals surface area (Å²) in [6, 6.07) is 5.23. The highest BCUT2D eigenvalue weighted by molar-refractivity contribution is 7.90. The first-order valence-electron chi connectivity index (χ1n) is 6.41. The van der Waals surface area contributed by atoms with Crippen molar-refractivity contribution in [2.45, 2.75) is 20.8 Å². The van der Waals surface area contributed by atoms with E-state index in [-0.39, 0.29) is 12.5 Å². The van der Waals surface area contributed by atoms with E-state index in [1.54, 1.807) is 12.1 Å². The molecule has 1 rings (SSSR count). The molecular weight excluding hydrogens is 274 g/mol. The first-order chi connectivity index (χ1) is 9.34. The quantitative estimate of drug-likeness (QED) is 0.714. The standard InChI is InChI=1S/C14H21N3O2S/c1-11(2)10-16-20(18,19)17-14-7-6-12(3)13(9-14)5-4-8-15/h6-7,9,11,16-17H,8,10,15H2,1-3H3. The Morgan fingerprint density at radius 2 is 2.05 bits per heavy atom. The van der Waals surface area contributed by atoms with Gasteiger partial charge >= 0.3 is 0 Å². The normalized spacial score (nSPS) is 11.1. The summed E-state index contributed by atoms with van der Waals surface area (Å²) >= 11 is 0. The molecule has 0 amide bonds. The molecule has 0 aliphatic carbocycles. The van der Waals surface area contributed by atoms with Gasteiger partial charge in [0.15, 0.2) is 0 Å². The highest BCUT2D eigenvalue weighted by Gasteiger charge is 2.10. The van der Waals surface area contributed by atoms with Gasteiger partial charge < -0.3 is 5.73 Å². The van der Waals surface area contributed by atoms with E-state index >= 15 is 0 Å². The lowest BCUT2D eigenvalue weighted by Gasteiger charge is -2.11. The summed E-state index contributed by atoms with van der Waals surface area (Å²) in [5.74, 6) is 5.93. The molecule has 0 fully saturated rings. The minimum atomic E-state index is -3.55. The molecule has 0 spiro atoms. The lowest BCUT2D eigenvalue weighted by atomic mass is 10.1. The van der Waals surface area contributed by atoms with E-state index in [2.05, 4.69) is 21.3 Å². The highest BCUT2D eigenvalue weighted by atomic mass is 32.2. The molecule has 0 heterocycles. The van der Waals surface area contributed by atoms with E-state index in [1.807, 2.05) is 26.8 Å². The maximum absolute atomic E-state index is 11.8. The van der Waals surface area contributed by atoms with Gasteiger partial charge in [0.05, 0.1) is 12.2 Å². The van der Waals surface area contributed by atoms with Crippen LogP contribution in [0.4, 0.5) is 5.69 Å². The van der Waals surface area contributed by atoms with Gasteiger partial charge in [0.2, 0.25) is 0 Å². The van der Waals surface area contributed by atoms with Crippen LogP contribution >= 0.6 is 0 Å². The van der Waals surface area contributed by atoms with Crippen LogP contribution in [0.3, 0.4) is 0 Å². The van der Waals surface area contributed by atoms with E-state index in [1.165, 1.54) is 0 Å². The van der Waals surface area contributed by atoms with E-state index in [0.717, 1.165) is 11.1 Å². The Kier molecular flexibility index (Phi) is 6.02. The Labute approximate surface area is 121 Å². The number of aryl methyl sites for hydroxylation is 1. The van der Waals surface area contributed by atoms with Crippen molar-refractivity contribution in [2.24, 2.45) is 11.7 Å². The van der Waals surface area contributed by atoms with Gasteiger partial charge in [0.1, 0.15) is 0 Å². The molecule has 0 bridgehead atoms. The number of anilines is 1. The third-order valence-corrected chi connectivity index (χ3v) is 3.55. The fourth-order valence-electron chi connectivity index (χ4n) is 1.43. The summed E-state index contributed by atoms with van der Waals surface area (Å²) in [4.78, 5) is 0. The molecule has 0 saturated carbocycles. The second-order valence-corrected chi connectivity index (χ2v) is 6.38. The van der Waals surface area contributed by atoms with E-state index in [4.69, 9.17) is 5.73 Å². The van der Waals surface area contributed by atoms with E-state index in [0.29, 0.717) is 12.2 Å². The Balaban J connectivity index is 2.88. The first-order valence-corrected chi connectivity index (χ1v) is 7.89. The molecule has 4 N–H and O–H groups in total. The Morgan fingerprint density at radius 1 is 1.35 bits per heavy atom. The van der Waals surface area contributed by atoms with Gasteiger partial charge in [-0.15, -0.1) is 0 Å². The third-order valence-electron chi connectivity index (χ3n) is 2.50. The van der Waals surface area contributed by atoms with Crippen molar-refractivity contribution >= 4 is 15.9 Å². The summed E-state index contributed by atoms with van der Waals surface area (Å²) in [5, 5.41) is 0. The monoisotopic (exact) mass is 295 g/mol. The van der Waals surface area contributed by atoms with E-state index in [9.17, 15) is 8.42 Å². The molecule has 0 saturated heterocycles. The third kappa shape index (κ3) is 5.61. The number of nitrogens with two attached hydrogens (primary N) is 1. The molecule has 110 valence electrons. The summed E-state index contributed by atoms with van der Waals surface area (Å²) < 4.78 is 28.6. The molecule has 0 atom stereocenters. The summed E-state index contributed by atoms with van der Waals surface area (Å²) in [6.07, 6.45) is 0. The maximum atomic E-state index is 11.8. The molecule has 6 heteroatoms. The molecule has 5 nitrogen and oxygen atoms in total. The van der Waals surface area contributed by atoms with Gasteiger partial charge in [0, 0.05) is 12.1 Å². The predicted octanol–water partition coefficient (Wildman–Crippen LogP) is 1.21. The lowest BCUT2D eigenvalue weighted by Crippen LogP contribution is -2.32. The Bertz CT molecular complexity index is 613.